The highest BCUT2D eigenvalue weighted by molar-refractivity contribution is 5.39. The van der Waals surface area contributed by atoms with Gasteiger partial charge >= 0.3 is 0 Å². The van der Waals surface area contributed by atoms with Crippen LogP contribution in [0.25, 0.3) is 0 Å². The van der Waals surface area contributed by atoms with Crippen LogP contribution >= 0.6 is 0 Å². The first-order valence-electron chi connectivity index (χ1n) is 6.88. The molecule has 1 aliphatic rings. The number of nitrogens with zero attached hydrogens (tertiary/aromatic N) is 5. The average molecular weight is 273 g/mol. The van der Waals surface area contributed by atoms with Crippen molar-refractivity contribution in [3.8, 4) is 0 Å². The van der Waals surface area contributed by atoms with E-state index in [0.29, 0.717) is 13.0 Å². The Hall–Kier alpha value is -1.95. The molecule has 3 rings (SSSR count). The van der Waals surface area contributed by atoms with Crippen LogP contribution in [0.15, 0.2) is 30.7 Å². The summed E-state index contributed by atoms with van der Waals surface area (Å²) >= 11 is 0. The van der Waals surface area contributed by atoms with Gasteiger partial charge in [-0.25, -0.2) is 4.98 Å². The second-order valence-corrected chi connectivity index (χ2v) is 5.47. The third kappa shape index (κ3) is 2.65. The first-order valence-corrected chi connectivity index (χ1v) is 6.88. The SMILES string of the molecule is Cn1cnnc1CC1(O)CCCN(c2ccccn2)C1. The average Bonchev–Trinajstić information content (AvgIpc) is 2.85. The van der Waals surface area contributed by atoms with Gasteiger partial charge in [-0.1, -0.05) is 6.07 Å². The van der Waals surface area contributed by atoms with Crippen molar-refractivity contribution in [2.24, 2.45) is 7.05 Å². The van der Waals surface area contributed by atoms with E-state index in [2.05, 4.69) is 20.1 Å². The minimum absolute atomic E-state index is 0.521. The lowest BCUT2D eigenvalue weighted by atomic mass is 9.89. The van der Waals surface area contributed by atoms with Crippen LogP contribution in [0, 0.1) is 0 Å². The minimum Gasteiger partial charge on any atom is -0.388 e. The molecule has 3 heterocycles. The zero-order valence-corrected chi connectivity index (χ0v) is 11.6. The molecule has 1 fully saturated rings. The van der Waals surface area contributed by atoms with Gasteiger partial charge in [-0.2, -0.15) is 0 Å². The van der Waals surface area contributed by atoms with Crippen molar-refractivity contribution in [1.82, 2.24) is 19.7 Å². The zero-order chi connectivity index (χ0) is 14.0. The number of hydrogen-bond acceptors (Lipinski definition) is 5. The van der Waals surface area contributed by atoms with Crippen molar-refractivity contribution in [3.05, 3.63) is 36.5 Å². The number of aliphatic hydroxyl groups is 1. The lowest BCUT2D eigenvalue weighted by Crippen LogP contribution is -2.50. The molecule has 6 nitrogen and oxygen atoms in total. The number of hydrogen-bond donors (Lipinski definition) is 1. The minimum atomic E-state index is -0.767. The Bertz CT molecular complexity index is 570. The van der Waals surface area contributed by atoms with Crippen LogP contribution in [-0.2, 0) is 13.5 Å². The maximum atomic E-state index is 10.8. The largest absolute Gasteiger partial charge is 0.388 e. The molecule has 6 heteroatoms. The summed E-state index contributed by atoms with van der Waals surface area (Å²) in [5, 5.41) is 18.8. The van der Waals surface area contributed by atoms with E-state index in [1.807, 2.05) is 29.8 Å². The molecular formula is C14H19N5O. The molecule has 2 aromatic rings. The maximum absolute atomic E-state index is 10.8. The van der Waals surface area contributed by atoms with Gasteiger partial charge in [0.1, 0.15) is 18.0 Å². The molecule has 1 N–H and O–H groups in total. The second-order valence-electron chi connectivity index (χ2n) is 5.47. The molecule has 1 atom stereocenters. The first-order chi connectivity index (χ1) is 9.66. The molecule has 1 unspecified atom stereocenters. The van der Waals surface area contributed by atoms with E-state index in [0.717, 1.165) is 31.0 Å². The molecule has 0 amide bonds. The van der Waals surface area contributed by atoms with Gasteiger partial charge in [-0.05, 0) is 25.0 Å². The van der Waals surface area contributed by atoms with Crippen molar-refractivity contribution in [2.75, 3.05) is 18.0 Å². The lowest BCUT2D eigenvalue weighted by molar-refractivity contribution is 0.0236. The van der Waals surface area contributed by atoms with Crippen molar-refractivity contribution < 1.29 is 5.11 Å². The summed E-state index contributed by atoms with van der Waals surface area (Å²) in [7, 11) is 1.90. The fourth-order valence-electron chi connectivity index (χ4n) is 2.75. The Labute approximate surface area is 118 Å². The van der Waals surface area contributed by atoms with Gasteiger partial charge in [-0.3, -0.25) is 0 Å². The number of β-amino-alcohol motifs (C(OH)–C–C–N with tert-alkyl or cyclic N) is 1. The highest BCUT2D eigenvalue weighted by atomic mass is 16.3. The van der Waals surface area contributed by atoms with Crippen molar-refractivity contribution in [3.63, 3.8) is 0 Å². The number of anilines is 1. The predicted molar refractivity (Wildman–Crippen MR) is 75.3 cm³/mol. The Balaban J connectivity index is 1.75. The molecule has 106 valence electrons. The van der Waals surface area contributed by atoms with E-state index in [9.17, 15) is 5.11 Å². The van der Waals surface area contributed by atoms with Crippen molar-refractivity contribution >= 4 is 5.82 Å². The van der Waals surface area contributed by atoms with Gasteiger partial charge < -0.3 is 14.6 Å². The second kappa shape index (κ2) is 5.20. The van der Waals surface area contributed by atoms with E-state index in [1.54, 1.807) is 12.5 Å². The fraction of sp³-hybridized carbons (Fsp3) is 0.500. The summed E-state index contributed by atoms with van der Waals surface area (Å²) < 4.78 is 1.86. The fourth-order valence-corrected chi connectivity index (χ4v) is 2.75. The zero-order valence-electron chi connectivity index (χ0n) is 11.6. The van der Waals surface area contributed by atoms with E-state index < -0.39 is 5.60 Å². The summed E-state index contributed by atoms with van der Waals surface area (Å²) in [6, 6.07) is 5.85. The lowest BCUT2D eigenvalue weighted by Gasteiger charge is -2.39. The number of aromatic nitrogens is 4. The van der Waals surface area contributed by atoms with Crippen LogP contribution in [0.4, 0.5) is 5.82 Å². The molecule has 0 radical (unpaired) electrons. The van der Waals surface area contributed by atoms with Gasteiger partial charge in [0.15, 0.2) is 0 Å². The summed E-state index contributed by atoms with van der Waals surface area (Å²) in [6.45, 7) is 1.51. The number of rotatable bonds is 3. The molecular weight excluding hydrogens is 254 g/mol. The number of aryl methyl sites for hydroxylation is 1. The third-order valence-corrected chi connectivity index (χ3v) is 3.82. The van der Waals surface area contributed by atoms with Crippen LogP contribution < -0.4 is 4.90 Å². The molecule has 1 saturated heterocycles. The molecule has 2 aromatic heterocycles. The van der Waals surface area contributed by atoms with E-state index in [1.165, 1.54) is 0 Å². The smallest absolute Gasteiger partial charge is 0.135 e. The van der Waals surface area contributed by atoms with Gasteiger partial charge in [-0.15, -0.1) is 10.2 Å². The summed E-state index contributed by atoms with van der Waals surface area (Å²) in [5.74, 6) is 1.74. The third-order valence-electron chi connectivity index (χ3n) is 3.82. The van der Waals surface area contributed by atoms with Crippen LogP contribution in [0.2, 0.25) is 0 Å². The van der Waals surface area contributed by atoms with E-state index >= 15 is 0 Å². The van der Waals surface area contributed by atoms with Crippen LogP contribution in [-0.4, -0.2) is 43.5 Å². The number of pyridine rings is 1. The first kappa shape index (κ1) is 13.1. The normalized spacial score (nSPS) is 23.0. The van der Waals surface area contributed by atoms with Gasteiger partial charge in [0.2, 0.25) is 0 Å². The Morgan fingerprint density at radius 1 is 1.40 bits per heavy atom. The molecule has 0 saturated carbocycles. The Morgan fingerprint density at radius 3 is 3.00 bits per heavy atom. The maximum Gasteiger partial charge on any atom is 0.135 e. The topological polar surface area (TPSA) is 67.1 Å². The van der Waals surface area contributed by atoms with Crippen LogP contribution in [0.3, 0.4) is 0 Å². The van der Waals surface area contributed by atoms with Crippen molar-refractivity contribution in [2.45, 2.75) is 24.9 Å². The highest BCUT2D eigenvalue weighted by Crippen LogP contribution is 2.27. The predicted octanol–water partition coefficient (Wildman–Crippen LogP) is 0.784. The molecule has 0 bridgehead atoms. The van der Waals surface area contributed by atoms with Gasteiger partial charge in [0.25, 0.3) is 0 Å². The molecule has 20 heavy (non-hydrogen) atoms. The Kier molecular flexibility index (Phi) is 3.40. The van der Waals surface area contributed by atoms with Gasteiger partial charge in [0, 0.05) is 32.8 Å². The molecule has 1 aliphatic heterocycles. The molecule has 0 aliphatic carbocycles. The summed E-state index contributed by atoms with van der Waals surface area (Å²) in [4.78, 5) is 6.50. The highest BCUT2D eigenvalue weighted by Gasteiger charge is 2.35. The van der Waals surface area contributed by atoms with Gasteiger partial charge in [0.05, 0.1) is 5.60 Å². The van der Waals surface area contributed by atoms with Crippen LogP contribution in [0.1, 0.15) is 18.7 Å². The molecule has 0 aromatic carbocycles. The Morgan fingerprint density at radius 2 is 2.30 bits per heavy atom. The number of piperidine rings is 1. The van der Waals surface area contributed by atoms with Crippen LogP contribution in [0.5, 0.6) is 0 Å². The molecule has 0 spiro atoms. The summed E-state index contributed by atoms with van der Waals surface area (Å²) in [6.07, 6.45) is 5.70. The van der Waals surface area contributed by atoms with E-state index in [4.69, 9.17) is 0 Å². The van der Waals surface area contributed by atoms with Crippen molar-refractivity contribution in [1.29, 1.82) is 0 Å². The quantitative estimate of drug-likeness (QED) is 0.895. The standard InChI is InChI=1S/C14H19N5O/c1-18-11-16-17-13(18)9-14(20)6-4-8-19(10-14)12-5-2-3-7-15-12/h2-3,5,7,11,20H,4,6,8-10H2,1H3. The monoisotopic (exact) mass is 273 g/mol. The summed E-state index contributed by atoms with van der Waals surface area (Å²) in [5.41, 5.74) is -0.767. The van der Waals surface area contributed by atoms with E-state index in [-0.39, 0.29) is 0 Å².